The summed E-state index contributed by atoms with van der Waals surface area (Å²) in [6.45, 7) is 5.32. The largest absolute Gasteiger partial charge is 0.374 e. The smallest absolute Gasteiger partial charge is 0.313 e. The fraction of sp³-hybridized carbons (Fsp3) is 0.393. The van der Waals surface area contributed by atoms with Gasteiger partial charge in [-0.15, -0.1) is 0 Å². The molecule has 0 saturated carbocycles. The molecule has 3 aromatic rings. The van der Waals surface area contributed by atoms with Gasteiger partial charge in [0.2, 0.25) is 0 Å². The van der Waals surface area contributed by atoms with Crippen LogP contribution in [0, 0.1) is 6.92 Å². The van der Waals surface area contributed by atoms with E-state index < -0.39 is 11.8 Å². The lowest BCUT2D eigenvalue weighted by Gasteiger charge is -2.35. The third-order valence-electron chi connectivity index (χ3n) is 7.20. The Morgan fingerprint density at radius 1 is 1.00 bits per heavy atom. The van der Waals surface area contributed by atoms with E-state index in [0.717, 1.165) is 55.5 Å². The number of aromatic nitrogens is 1. The molecule has 1 saturated heterocycles. The number of fused-ring (bicyclic) bond motifs is 2. The molecule has 2 amide bonds. The van der Waals surface area contributed by atoms with Crippen molar-refractivity contribution in [3.05, 3.63) is 65.4 Å². The molecule has 3 heterocycles. The highest BCUT2D eigenvalue weighted by atomic mass is 16.2. The van der Waals surface area contributed by atoms with E-state index in [9.17, 15) is 9.59 Å². The normalized spacial score (nSPS) is 16.7. The molecule has 2 N–H and O–H groups in total. The number of hydrogen-bond acceptors (Lipinski definition) is 5. The Labute approximate surface area is 206 Å². The maximum atomic E-state index is 12.9. The summed E-state index contributed by atoms with van der Waals surface area (Å²) in [5.74, 6) is -1.28. The van der Waals surface area contributed by atoms with Crippen molar-refractivity contribution in [2.24, 2.45) is 0 Å². The first kappa shape index (κ1) is 23.3. The Hall–Kier alpha value is -3.45. The van der Waals surface area contributed by atoms with Crippen LogP contribution in [0.4, 0.5) is 11.4 Å². The number of amides is 2. The van der Waals surface area contributed by atoms with E-state index in [4.69, 9.17) is 0 Å². The quantitative estimate of drug-likeness (QED) is 0.554. The average molecular weight is 472 g/mol. The molecule has 5 rings (SSSR count). The number of hydrogen-bond donors (Lipinski definition) is 2. The molecule has 1 fully saturated rings. The Morgan fingerprint density at radius 3 is 2.63 bits per heavy atom. The molecule has 2 aliphatic heterocycles. The minimum absolute atomic E-state index is 0.0484. The Kier molecular flexibility index (Phi) is 6.68. The van der Waals surface area contributed by atoms with Gasteiger partial charge in [-0.25, -0.2) is 0 Å². The number of carbonyl (C=O) groups is 2. The first-order valence-electron chi connectivity index (χ1n) is 12.5. The van der Waals surface area contributed by atoms with Gasteiger partial charge in [0.05, 0.1) is 17.2 Å². The van der Waals surface area contributed by atoms with Crippen LogP contribution in [-0.4, -0.2) is 54.9 Å². The van der Waals surface area contributed by atoms with Crippen LogP contribution in [0.1, 0.15) is 42.1 Å². The molecule has 0 bridgehead atoms. The number of nitrogens with zero attached hydrogens (tertiary/aromatic N) is 3. The minimum Gasteiger partial charge on any atom is -0.374 e. The summed E-state index contributed by atoms with van der Waals surface area (Å²) < 4.78 is 0. The summed E-state index contributed by atoms with van der Waals surface area (Å²) in [6.07, 6.45) is 4.60. The molecule has 0 radical (unpaired) electrons. The zero-order valence-corrected chi connectivity index (χ0v) is 20.5. The lowest BCUT2D eigenvalue weighted by Crippen LogP contribution is -2.43. The minimum atomic E-state index is -0.659. The predicted octanol–water partition coefficient (Wildman–Crippen LogP) is 3.82. The molecule has 2 aromatic carbocycles. The molecule has 35 heavy (non-hydrogen) atoms. The molecule has 7 heteroatoms. The number of aryl methyl sites for hydroxylation is 1. The van der Waals surface area contributed by atoms with Crippen LogP contribution in [-0.2, 0) is 16.0 Å². The summed E-state index contributed by atoms with van der Waals surface area (Å²) in [5.41, 5.74) is 6.02. The third kappa shape index (κ3) is 5.00. The lowest BCUT2D eigenvalue weighted by atomic mass is 9.98. The van der Waals surface area contributed by atoms with Crippen LogP contribution in [0.3, 0.4) is 0 Å². The van der Waals surface area contributed by atoms with Crippen LogP contribution >= 0.6 is 0 Å². The number of piperidine rings is 1. The van der Waals surface area contributed by atoms with Crippen LogP contribution in [0.25, 0.3) is 10.9 Å². The summed E-state index contributed by atoms with van der Waals surface area (Å²) >= 11 is 0. The number of anilines is 2. The van der Waals surface area contributed by atoms with Crippen molar-refractivity contribution in [1.82, 2.24) is 15.2 Å². The zero-order valence-electron chi connectivity index (χ0n) is 20.5. The van der Waals surface area contributed by atoms with E-state index in [1.165, 1.54) is 23.2 Å². The van der Waals surface area contributed by atoms with Crippen LogP contribution in [0.2, 0.25) is 0 Å². The van der Waals surface area contributed by atoms with Crippen LogP contribution in [0.15, 0.2) is 48.5 Å². The first-order valence-corrected chi connectivity index (χ1v) is 12.5. The lowest BCUT2D eigenvalue weighted by molar-refractivity contribution is -0.136. The fourth-order valence-electron chi connectivity index (χ4n) is 5.34. The molecule has 1 unspecified atom stereocenters. The second-order valence-electron chi connectivity index (χ2n) is 9.66. The van der Waals surface area contributed by atoms with Crippen molar-refractivity contribution < 1.29 is 9.59 Å². The summed E-state index contributed by atoms with van der Waals surface area (Å²) in [4.78, 5) is 34.9. The van der Waals surface area contributed by atoms with Crippen LogP contribution < -0.4 is 15.5 Å². The van der Waals surface area contributed by atoms with Crippen LogP contribution in [0.5, 0.6) is 0 Å². The highest BCUT2D eigenvalue weighted by Crippen LogP contribution is 2.32. The number of nitrogens with one attached hydrogen (secondary N) is 2. The van der Waals surface area contributed by atoms with Gasteiger partial charge < -0.3 is 15.5 Å². The zero-order chi connectivity index (χ0) is 24.4. The summed E-state index contributed by atoms with van der Waals surface area (Å²) in [5, 5.41) is 6.53. The fourth-order valence-corrected chi connectivity index (χ4v) is 5.34. The highest BCUT2D eigenvalue weighted by molar-refractivity contribution is 6.40. The van der Waals surface area contributed by atoms with Gasteiger partial charge >= 0.3 is 11.8 Å². The third-order valence-corrected chi connectivity index (χ3v) is 7.20. The number of likely N-dealkylation sites (tertiary alicyclic amines) is 1. The molecule has 0 spiro atoms. The van der Waals surface area contributed by atoms with Gasteiger partial charge in [-0.2, -0.15) is 0 Å². The number of pyridine rings is 1. The summed E-state index contributed by atoms with van der Waals surface area (Å²) in [7, 11) is 2.12. The van der Waals surface area contributed by atoms with Crippen molar-refractivity contribution in [2.75, 3.05) is 43.4 Å². The molecule has 182 valence electrons. The van der Waals surface area contributed by atoms with E-state index in [2.05, 4.69) is 50.7 Å². The molecule has 7 nitrogen and oxygen atoms in total. The van der Waals surface area contributed by atoms with E-state index in [-0.39, 0.29) is 6.04 Å². The van der Waals surface area contributed by atoms with Gasteiger partial charge in [0, 0.05) is 36.9 Å². The first-order chi connectivity index (χ1) is 17.0. The van der Waals surface area contributed by atoms with E-state index >= 15 is 0 Å². The molecule has 1 aromatic heterocycles. The number of benzene rings is 2. The van der Waals surface area contributed by atoms with Crippen molar-refractivity contribution in [1.29, 1.82) is 0 Å². The molecule has 1 atom stereocenters. The Morgan fingerprint density at radius 2 is 1.80 bits per heavy atom. The second kappa shape index (κ2) is 10.0. The van der Waals surface area contributed by atoms with E-state index in [1.807, 2.05) is 31.2 Å². The van der Waals surface area contributed by atoms with Crippen molar-refractivity contribution >= 4 is 34.1 Å². The number of carbonyl (C=O) groups excluding carboxylic acids is 2. The average Bonchev–Trinajstić information content (AvgIpc) is 3.24. The number of rotatable bonds is 5. The topological polar surface area (TPSA) is 77.6 Å². The standard InChI is InChI=1S/C28H33N5O2/c1-19-16-24(22-8-4-5-9-23(22)30-19)31-28(35)27(34)29-18-26(33-13-6-3-7-14-33)20-10-11-25-21(17-20)12-15-32(25)2/h4-5,8-11,16-17,26H,3,6-7,12-15,18H2,1-2H3,(H,29,34)(H,30,31,35). The van der Waals surface area contributed by atoms with Crippen molar-refractivity contribution in [3.8, 4) is 0 Å². The second-order valence-corrected chi connectivity index (χ2v) is 9.66. The van der Waals surface area contributed by atoms with E-state index in [0.29, 0.717) is 12.2 Å². The maximum absolute atomic E-state index is 12.9. The van der Waals surface area contributed by atoms with Gasteiger partial charge in [0.15, 0.2) is 0 Å². The van der Waals surface area contributed by atoms with Gasteiger partial charge in [0.25, 0.3) is 0 Å². The molecule has 2 aliphatic rings. The van der Waals surface area contributed by atoms with Gasteiger partial charge in [-0.1, -0.05) is 36.8 Å². The number of likely N-dealkylation sites (N-methyl/N-ethyl adjacent to an activating group) is 1. The maximum Gasteiger partial charge on any atom is 0.313 e. The molecule has 0 aliphatic carbocycles. The number of para-hydroxylation sites is 1. The highest BCUT2D eigenvalue weighted by Gasteiger charge is 2.26. The summed E-state index contributed by atoms with van der Waals surface area (Å²) in [6, 6.07) is 16.1. The van der Waals surface area contributed by atoms with Crippen molar-refractivity contribution in [3.63, 3.8) is 0 Å². The molecular weight excluding hydrogens is 438 g/mol. The van der Waals surface area contributed by atoms with Gasteiger partial charge in [-0.3, -0.25) is 19.5 Å². The monoisotopic (exact) mass is 471 g/mol. The molecular formula is C28H33N5O2. The van der Waals surface area contributed by atoms with Gasteiger partial charge in [-0.05, 0) is 68.6 Å². The van der Waals surface area contributed by atoms with Crippen molar-refractivity contribution in [2.45, 2.75) is 38.6 Å². The Bertz CT molecular complexity index is 1250. The Balaban J connectivity index is 1.31. The SMILES string of the molecule is Cc1cc(NC(=O)C(=O)NCC(c2ccc3c(c2)CCN3C)N2CCCCC2)c2ccccc2n1. The predicted molar refractivity (Wildman–Crippen MR) is 140 cm³/mol. The van der Waals surface area contributed by atoms with Gasteiger partial charge in [0.1, 0.15) is 0 Å². The van der Waals surface area contributed by atoms with E-state index in [1.54, 1.807) is 6.07 Å².